The van der Waals surface area contributed by atoms with Gasteiger partial charge < -0.3 is 20.1 Å². The van der Waals surface area contributed by atoms with E-state index < -0.39 is 29.8 Å². The average Bonchev–Trinajstić information content (AvgIpc) is 3.17. The fourth-order valence-corrected chi connectivity index (χ4v) is 4.02. The highest BCUT2D eigenvalue weighted by molar-refractivity contribution is 7.98. The molecule has 2 aliphatic rings. The maximum absolute atomic E-state index is 13.9. The van der Waals surface area contributed by atoms with Crippen LogP contribution in [0.2, 0.25) is 0 Å². The molecule has 2 aromatic rings. The number of nitrogens with zero attached hydrogens (tertiary/aromatic N) is 1. The molecule has 0 radical (unpaired) electrons. The van der Waals surface area contributed by atoms with Crippen LogP contribution in [0.5, 0.6) is 5.75 Å². The molecule has 3 amide bonds. The number of rotatable bonds is 6. The predicted molar refractivity (Wildman–Crippen MR) is 116 cm³/mol. The molecular weight excluding hydrogens is 437 g/mol. The monoisotopic (exact) mass is 457 g/mol. The number of amides is 3. The van der Waals surface area contributed by atoms with Crippen LogP contribution in [0.25, 0.3) is 0 Å². The molecule has 0 aliphatic carbocycles. The zero-order valence-electron chi connectivity index (χ0n) is 17.3. The third-order valence-corrected chi connectivity index (χ3v) is 5.93. The molecule has 0 aromatic heterocycles. The number of thioether (sulfide) groups is 1. The summed E-state index contributed by atoms with van der Waals surface area (Å²) in [5.74, 6) is -1.68. The van der Waals surface area contributed by atoms with Gasteiger partial charge in [-0.05, 0) is 36.1 Å². The number of carbonyl (C=O) groups excluding carboxylic acids is 3. The summed E-state index contributed by atoms with van der Waals surface area (Å²) >= 11 is 1.58. The molecule has 2 aliphatic heterocycles. The minimum Gasteiger partial charge on any atom is -0.494 e. The van der Waals surface area contributed by atoms with E-state index in [0.29, 0.717) is 11.3 Å². The molecule has 10 heteroatoms. The molecule has 8 nitrogen and oxygen atoms in total. The first-order valence-electron chi connectivity index (χ1n) is 9.66. The first-order chi connectivity index (χ1) is 15.4. The minimum absolute atomic E-state index is 0.0476. The lowest BCUT2D eigenvalue weighted by Crippen LogP contribution is -2.49. The van der Waals surface area contributed by atoms with E-state index in [2.05, 4.69) is 10.6 Å². The summed E-state index contributed by atoms with van der Waals surface area (Å²) in [7, 11) is 1.34. The third-order valence-electron chi connectivity index (χ3n) is 5.18. The van der Waals surface area contributed by atoms with Crippen molar-refractivity contribution in [2.45, 2.75) is 10.9 Å². The SMILES string of the molecule is COc1ccc(NC(=O)CN2C(=O)N[C@@H](c3ccc(SC)cc3)C3=C2COC3=O)cc1F. The van der Waals surface area contributed by atoms with Crippen LogP contribution in [0.15, 0.2) is 58.6 Å². The summed E-state index contributed by atoms with van der Waals surface area (Å²) in [5.41, 5.74) is 1.59. The van der Waals surface area contributed by atoms with E-state index in [0.717, 1.165) is 16.5 Å². The van der Waals surface area contributed by atoms with Gasteiger partial charge in [0.15, 0.2) is 11.6 Å². The Bertz CT molecular complexity index is 1120. The van der Waals surface area contributed by atoms with Gasteiger partial charge in [0.25, 0.3) is 0 Å². The molecule has 0 spiro atoms. The van der Waals surface area contributed by atoms with E-state index >= 15 is 0 Å². The predicted octanol–water partition coefficient (Wildman–Crippen LogP) is 3.07. The van der Waals surface area contributed by atoms with Crippen LogP contribution in [-0.4, -0.2) is 49.3 Å². The molecule has 2 N–H and O–H groups in total. The van der Waals surface area contributed by atoms with Gasteiger partial charge in [0.1, 0.15) is 13.2 Å². The number of esters is 1. The molecule has 32 heavy (non-hydrogen) atoms. The number of hydrogen-bond donors (Lipinski definition) is 2. The summed E-state index contributed by atoms with van der Waals surface area (Å²) in [4.78, 5) is 40.0. The maximum Gasteiger partial charge on any atom is 0.338 e. The number of halogens is 1. The number of cyclic esters (lactones) is 1. The molecule has 4 rings (SSSR count). The van der Waals surface area contributed by atoms with E-state index in [1.807, 2.05) is 30.5 Å². The van der Waals surface area contributed by atoms with Crippen molar-refractivity contribution < 1.29 is 28.2 Å². The van der Waals surface area contributed by atoms with Crippen LogP contribution < -0.4 is 15.4 Å². The fraction of sp³-hybridized carbons (Fsp3) is 0.227. The van der Waals surface area contributed by atoms with Gasteiger partial charge >= 0.3 is 12.0 Å². The normalized spacial score (nSPS) is 17.6. The Morgan fingerprint density at radius 1 is 1.28 bits per heavy atom. The average molecular weight is 457 g/mol. The molecule has 0 bridgehead atoms. The van der Waals surface area contributed by atoms with E-state index in [4.69, 9.17) is 9.47 Å². The highest BCUT2D eigenvalue weighted by Gasteiger charge is 2.42. The zero-order valence-corrected chi connectivity index (χ0v) is 18.1. The smallest absolute Gasteiger partial charge is 0.338 e. The molecule has 2 heterocycles. The van der Waals surface area contributed by atoms with Crippen LogP contribution in [-0.2, 0) is 14.3 Å². The van der Waals surface area contributed by atoms with Gasteiger partial charge in [0, 0.05) is 16.6 Å². The molecule has 2 aromatic carbocycles. The van der Waals surface area contributed by atoms with Crippen molar-refractivity contribution in [1.29, 1.82) is 0 Å². The maximum atomic E-state index is 13.9. The first kappa shape index (κ1) is 21.7. The second kappa shape index (κ2) is 8.91. The standard InChI is InChI=1S/C22H20FN3O5S/c1-30-17-8-5-13(9-15(17)23)24-18(27)10-26-16-11-31-21(28)19(16)20(25-22(26)29)12-3-6-14(32-2)7-4-12/h3-9,20H,10-11H2,1-2H3,(H,24,27)(H,25,29)/t20-/m0/s1. The largest absolute Gasteiger partial charge is 0.494 e. The van der Waals surface area contributed by atoms with Crippen molar-refractivity contribution in [2.75, 3.05) is 31.8 Å². The van der Waals surface area contributed by atoms with Gasteiger partial charge in [-0.3, -0.25) is 9.69 Å². The van der Waals surface area contributed by atoms with Gasteiger partial charge in [0.05, 0.1) is 24.4 Å². The van der Waals surface area contributed by atoms with Gasteiger partial charge in [-0.25, -0.2) is 14.0 Å². The van der Waals surface area contributed by atoms with Crippen molar-refractivity contribution in [3.8, 4) is 5.75 Å². The van der Waals surface area contributed by atoms with E-state index in [9.17, 15) is 18.8 Å². The molecule has 0 unspecified atom stereocenters. The molecule has 0 saturated heterocycles. The third kappa shape index (κ3) is 4.13. The molecule has 0 saturated carbocycles. The quantitative estimate of drug-likeness (QED) is 0.511. The van der Waals surface area contributed by atoms with Crippen molar-refractivity contribution in [1.82, 2.24) is 10.2 Å². The van der Waals surface area contributed by atoms with E-state index in [1.165, 1.54) is 24.1 Å². The van der Waals surface area contributed by atoms with E-state index in [-0.39, 0.29) is 24.6 Å². The lowest BCUT2D eigenvalue weighted by Gasteiger charge is -2.32. The van der Waals surface area contributed by atoms with Crippen LogP contribution >= 0.6 is 11.8 Å². The number of hydrogen-bond acceptors (Lipinski definition) is 6. The Kier molecular flexibility index (Phi) is 6.04. The number of benzene rings is 2. The van der Waals surface area contributed by atoms with Crippen LogP contribution in [0.4, 0.5) is 14.9 Å². The number of anilines is 1. The summed E-state index contributed by atoms with van der Waals surface area (Å²) in [5, 5.41) is 5.32. The Morgan fingerprint density at radius 2 is 2.03 bits per heavy atom. The second-order valence-electron chi connectivity index (χ2n) is 7.08. The Balaban J connectivity index is 1.55. The van der Waals surface area contributed by atoms with Crippen LogP contribution in [0.1, 0.15) is 11.6 Å². The molecule has 1 atom stereocenters. The first-order valence-corrected chi connectivity index (χ1v) is 10.9. The van der Waals surface area contributed by atoms with Crippen molar-refractivity contribution in [3.05, 3.63) is 65.1 Å². The Labute approximate surface area is 187 Å². The number of ether oxygens (including phenoxy) is 2. The topological polar surface area (TPSA) is 97.0 Å². The minimum atomic E-state index is -0.668. The summed E-state index contributed by atoms with van der Waals surface area (Å²) in [6, 6.07) is 10.3. The number of urea groups is 1. The van der Waals surface area contributed by atoms with Crippen molar-refractivity contribution >= 4 is 35.4 Å². The van der Waals surface area contributed by atoms with E-state index in [1.54, 1.807) is 11.8 Å². The van der Waals surface area contributed by atoms with Crippen LogP contribution in [0.3, 0.4) is 0 Å². The Morgan fingerprint density at radius 3 is 2.69 bits per heavy atom. The highest BCUT2D eigenvalue weighted by atomic mass is 32.2. The lowest BCUT2D eigenvalue weighted by atomic mass is 9.96. The molecule has 0 fully saturated rings. The lowest BCUT2D eigenvalue weighted by molar-refractivity contribution is -0.136. The molecule has 166 valence electrons. The molecular formula is C22H20FN3O5S. The van der Waals surface area contributed by atoms with Gasteiger partial charge in [-0.15, -0.1) is 11.8 Å². The number of methoxy groups -OCH3 is 1. The van der Waals surface area contributed by atoms with Crippen molar-refractivity contribution in [3.63, 3.8) is 0 Å². The van der Waals surface area contributed by atoms with Gasteiger partial charge in [-0.1, -0.05) is 12.1 Å². The summed E-state index contributed by atoms with van der Waals surface area (Å²) < 4.78 is 23.9. The van der Waals surface area contributed by atoms with Crippen molar-refractivity contribution in [2.24, 2.45) is 0 Å². The summed E-state index contributed by atoms with van der Waals surface area (Å²) in [6.07, 6.45) is 1.95. The summed E-state index contributed by atoms with van der Waals surface area (Å²) in [6.45, 7) is -0.474. The van der Waals surface area contributed by atoms with Gasteiger partial charge in [0.2, 0.25) is 5.91 Å². The fourth-order valence-electron chi connectivity index (χ4n) is 3.61. The Hall–Kier alpha value is -3.53. The van der Waals surface area contributed by atoms with Gasteiger partial charge in [-0.2, -0.15) is 0 Å². The number of nitrogens with one attached hydrogen (secondary N) is 2. The highest BCUT2D eigenvalue weighted by Crippen LogP contribution is 2.35. The second-order valence-corrected chi connectivity index (χ2v) is 7.96. The number of carbonyl (C=O) groups is 3. The van der Waals surface area contributed by atoms with Crippen LogP contribution in [0, 0.1) is 5.82 Å². The zero-order chi connectivity index (χ0) is 22.8.